The molecule has 27 heavy (non-hydrogen) atoms. The molecule has 0 N–H and O–H groups in total. The van der Waals surface area contributed by atoms with Gasteiger partial charge in [0.1, 0.15) is 0 Å². The van der Waals surface area contributed by atoms with Gasteiger partial charge in [0.25, 0.3) is 5.69 Å². The van der Waals surface area contributed by atoms with Crippen molar-refractivity contribution in [2.24, 2.45) is 11.1 Å². The van der Waals surface area contributed by atoms with E-state index < -0.39 is 10.9 Å². The summed E-state index contributed by atoms with van der Waals surface area (Å²) in [5.41, 5.74) is 3.53. The molecule has 0 radical (unpaired) electrons. The van der Waals surface area contributed by atoms with Crippen molar-refractivity contribution in [3.8, 4) is 0 Å². The number of hydrogen-bond donors (Lipinski definition) is 0. The zero-order chi connectivity index (χ0) is 19.6. The Hall–Kier alpha value is -3.02. The van der Waals surface area contributed by atoms with Crippen molar-refractivity contribution in [1.29, 1.82) is 0 Å². The molecule has 0 aliphatic heterocycles. The minimum atomic E-state index is -0.622. The van der Waals surface area contributed by atoms with E-state index in [9.17, 15) is 14.9 Å². The SMILES string of the molecule is C/C(=N\OC(=O)c1ccc([N+](=O)[O-])cc1)C1CC1c1ccc(C(C)C)cc1. The van der Waals surface area contributed by atoms with Gasteiger partial charge in [-0.25, -0.2) is 4.79 Å². The van der Waals surface area contributed by atoms with E-state index in [2.05, 4.69) is 43.3 Å². The molecule has 2 unspecified atom stereocenters. The highest BCUT2D eigenvalue weighted by atomic mass is 16.7. The Bertz CT molecular complexity index is 870. The quantitative estimate of drug-likeness (QED) is 0.310. The topological polar surface area (TPSA) is 81.8 Å². The molecule has 3 rings (SSSR count). The number of carbonyl (C=O) groups is 1. The first-order valence-electron chi connectivity index (χ1n) is 8.97. The number of oxime groups is 1. The Morgan fingerprint density at radius 1 is 1.15 bits per heavy atom. The predicted molar refractivity (Wildman–Crippen MR) is 103 cm³/mol. The summed E-state index contributed by atoms with van der Waals surface area (Å²) in [6.45, 7) is 6.20. The van der Waals surface area contributed by atoms with Crippen LogP contribution in [0.3, 0.4) is 0 Å². The van der Waals surface area contributed by atoms with Gasteiger partial charge in [-0.15, -0.1) is 0 Å². The standard InChI is InChI=1S/C21H22N2O4/c1-13(2)15-4-6-16(7-5-15)20-12-19(20)14(3)22-27-21(24)17-8-10-18(11-9-17)23(25)26/h4-11,13,19-20H,12H2,1-3H3/b22-14+. The first-order valence-corrected chi connectivity index (χ1v) is 8.97. The summed E-state index contributed by atoms with van der Waals surface area (Å²) in [5.74, 6) is 0.575. The second kappa shape index (κ2) is 7.70. The molecule has 2 atom stereocenters. The largest absolute Gasteiger partial charge is 0.365 e. The van der Waals surface area contributed by atoms with Crippen molar-refractivity contribution in [2.45, 2.75) is 39.0 Å². The first-order chi connectivity index (χ1) is 12.9. The van der Waals surface area contributed by atoms with Crippen LogP contribution in [0.15, 0.2) is 53.7 Å². The lowest BCUT2D eigenvalue weighted by atomic mass is 9.99. The maximum atomic E-state index is 12.0. The highest BCUT2D eigenvalue weighted by molar-refractivity contribution is 5.92. The van der Waals surface area contributed by atoms with E-state index >= 15 is 0 Å². The van der Waals surface area contributed by atoms with Gasteiger partial charge in [-0.1, -0.05) is 43.3 Å². The number of nitrogens with zero attached hydrogens (tertiary/aromatic N) is 2. The number of nitro benzene ring substituents is 1. The Kier molecular flexibility index (Phi) is 5.35. The molecule has 0 heterocycles. The van der Waals surface area contributed by atoms with Crippen LogP contribution in [-0.4, -0.2) is 16.6 Å². The molecule has 140 valence electrons. The molecule has 1 fully saturated rings. The molecule has 0 aromatic heterocycles. The number of carbonyl (C=O) groups excluding carboxylic acids is 1. The highest BCUT2D eigenvalue weighted by Gasteiger charge is 2.40. The van der Waals surface area contributed by atoms with Gasteiger partial charge in [-0.2, -0.15) is 0 Å². The average molecular weight is 366 g/mol. The van der Waals surface area contributed by atoms with E-state index in [1.807, 2.05) is 6.92 Å². The molecule has 0 bridgehead atoms. The third-order valence-corrected chi connectivity index (χ3v) is 4.94. The summed E-state index contributed by atoms with van der Waals surface area (Å²) < 4.78 is 0. The lowest BCUT2D eigenvalue weighted by molar-refractivity contribution is -0.384. The van der Waals surface area contributed by atoms with Crippen molar-refractivity contribution in [3.05, 3.63) is 75.3 Å². The van der Waals surface area contributed by atoms with Crippen LogP contribution in [0.5, 0.6) is 0 Å². The monoisotopic (exact) mass is 366 g/mol. The number of benzene rings is 2. The molecule has 0 saturated heterocycles. The Morgan fingerprint density at radius 2 is 1.78 bits per heavy atom. The maximum Gasteiger partial charge on any atom is 0.365 e. The fourth-order valence-corrected chi connectivity index (χ4v) is 3.11. The molecule has 6 nitrogen and oxygen atoms in total. The normalized spacial score (nSPS) is 19.0. The molecule has 2 aromatic carbocycles. The summed E-state index contributed by atoms with van der Waals surface area (Å²) in [5, 5.41) is 14.6. The minimum absolute atomic E-state index is 0.0736. The van der Waals surface area contributed by atoms with Gasteiger partial charge in [0, 0.05) is 18.1 Å². The summed E-state index contributed by atoms with van der Waals surface area (Å²) in [7, 11) is 0. The van der Waals surface area contributed by atoms with Crippen LogP contribution in [0.1, 0.15) is 60.5 Å². The first kappa shape index (κ1) is 18.8. The van der Waals surface area contributed by atoms with Gasteiger partial charge in [0.15, 0.2) is 0 Å². The molecule has 0 amide bonds. The van der Waals surface area contributed by atoms with Crippen LogP contribution in [0.2, 0.25) is 0 Å². The van der Waals surface area contributed by atoms with Crippen LogP contribution < -0.4 is 0 Å². The Balaban J connectivity index is 1.58. The summed E-state index contributed by atoms with van der Waals surface area (Å²) in [6, 6.07) is 13.9. The fourth-order valence-electron chi connectivity index (χ4n) is 3.11. The van der Waals surface area contributed by atoms with Crippen molar-refractivity contribution in [3.63, 3.8) is 0 Å². The van der Waals surface area contributed by atoms with E-state index in [1.165, 1.54) is 35.4 Å². The Labute approximate surface area is 158 Å². The minimum Gasteiger partial charge on any atom is -0.313 e. The number of hydrogen-bond acceptors (Lipinski definition) is 5. The van der Waals surface area contributed by atoms with Crippen molar-refractivity contribution < 1.29 is 14.6 Å². The fraction of sp³-hybridized carbons (Fsp3) is 0.333. The third kappa shape index (κ3) is 4.39. The van der Waals surface area contributed by atoms with Gasteiger partial charge >= 0.3 is 5.97 Å². The van der Waals surface area contributed by atoms with Crippen LogP contribution in [0.4, 0.5) is 5.69 Å². The van der Waals surface area contributed by atoms with E-state index in [1.54, 1.807) is 0 Å². The average Bonchev–Trinajstić information content (AvgIpc) is 3.47. The molecular formula is C21H22N2O4. The smallest absolute Gasteiger partial charge is 0.313 e. The second-order valence-electron chi connectivity index (χ2n) is 7.19. The summed E-state index contributed by atoms with van der Waals surface area (Å²) in [6.07, 6.45) is 0.992. The predicted octanol–water partition coefficient (Wildman–Crippen LogP) is 5.05. The van der Waals surface area contributed by atoms with Gasteiger partial charge in [-0.3, -0.25) is 10.1 Å². The van der Waals surface area contributed by atoms with Crippen LogP contribution in [0, 0.1) is 16.0 Å². The van der Waals surface area contributed by atoms with E-state index in [4.69, 9.17) is 4.84 Å². The highest BCUT2D eigenvalue weighted by Crippen LogP contribution is 2.48. The molecule has 1 aliphatic rings. The van der Waals surface area contributed by atoms with Gasteiger partial charge in [0.05, 0.1) is 16.2 Å². The lowest BCUT2D eigenvalue weighted by Gasteiger charge is -2.06. The van der Waals surface area contributed by atoms with E-state index in [-0.39, 0.29) is 17.2 Å². The zero-order valence-corrected chi connectivity index (χ0v) is 15.6. The van der Waals surface area contributed by atoms with E-state index in [0.29, 0.717) is 11.8 Å². The summed E-state index contributed by atoms with van der Waals surface area (Å²) >= 11 is 0. The number of non-ortho nitro benzene ring substituents is 1. The van der Waals surface area contributed by atoms with Crippen LogP contribution in [-0.2, 0) is 4.84 Å². The maximum absolute atomic E-state index is 12.0. The molecule has 2 aromatic rings. The molecule has 6 heteroatoms. The van der Waals surface area contributed by atoms with E-state index in [0.717, 1.165) is 12.1 Å². The molecule has 1 aliphatic carbocycles. The van der Waals surface area contributed by atoms with Gasteiger partial charge in [0.2, 0.25) is 0 Å². The number of nitro groups is 1. The van der Waals surface area contributed by atoms with Gasteiger partial charge in [-0.05, 0) is 48.4 Å². The van der Waals surface area contributed by atoms with Crippen molar-refractivity contribution >= 4 is 17.4 Å². The molecular weight excluding hydrogens is 344 g/mol. The Morgan fingerprint density at radius 3 is 2.33 bits per heavy atom. The van der Waals surface area contributed by atoms with Crippen LogP contribution >= 0.6 is 0 Å². The van der Waals surface area contributed by atoms with Gasteiger partial charge < -0.3 is 4.84 Å². The van der Waals surface area contributed by atoms with Crippen molar-refractivity contribution in [1.82, 2.24) is 0 Å². The zero-order valence-electron chi connectivity index (χ0n) is 15.6. The van der Waals surface area contributed by atoms with Crippen molar-refractivity contribution in [2.75, 3.05) is 0 Å². The number of rotatable bonds is 6. The molecule has 1 saturated carbocycles. The van der Waals surface area contributed by atoms with Crippen LogP contribution in [0.25, 0.3) is 0 Å². The lowest BCUT2D eigenvalue weighted by Crippen LogP contribution is -2.05. The third-order valence-electron chi connectivity index (χ3n) is 4.94. The summed E-state index contributed by atoms with van der Waals surface area (Å²) in [4.78, 5) is 27.2. The second-order valence-corrected chi connectivity index (χ2v) is 7.19. The molecule has 0 spiro atoms.